The molecule has 3 heteroatoms. The molecule has 1 saturated heterocycles. The van der Waals surface area contributed by atoms with Gasteiger partial charge in [-0.3, -0.25) is 4.90 Å². The van der Waals surface area contributed by atoms with Crippen molar-refractivity contribution in [3.63, 3.8) is 0 Å². The molecule has 102 valence electrons. The van der Waals surface area contributed by atoms with Crippen LogP contribution in [-0.2, 0) is 13.1 Å². The molecule has 0 radical (unpaired) electrons. The number of furan rings is 1. The maximum atomic E-state index is 5.64. The highest BCUT2D eigenvalue weighted by atomic mass is 16.3. The first-order valence-corrected chi connectivity index (χ1v) is 7.16. The Labute approximate surface area is 110 Å². The summed E-state index contributed by atoms with van der Waals surface area (Å²) < 4.78 is 5.64. The fourth-order valence-corrected chi connectivity index (χ4v) is 2.88. The lowest BCUT2D eigenvalue weighted by atomic mass is 9.91. The van der Waals surface area contributed by atoms with Crippen LogP contribution in [0, 0.1) is 12.8 Å². The number of nitrogens with zero attached hydrogens (tertiary/aromatic N) is 1. The number of hydrogen-bond donors (Lipinski definition) is 1. The summed E-state index contributed by atoms with van der Waals surface area (Å²) in [5, 5.41) is 0. The zero-order valence-electron chi connectivity index (χ0n) is 11.9. The molecular formula is C15H26N2O. The predicted octanol–water partition coefficient (Wildman–Crippen LogP) is 3.06. The highest BCUT2D eigenvalue weighted by Gasteiger charge is 2.25. The minimum Gasteiger partial charge on any atom is -0.465 e. The summed E-state index contributed by atoms with van der Waals surface area (Å²) in [5.41, 5.74) is 6.93. The first-order valence-electron chi connectivity index (χ1n) is 7.16. The quantitative estimate of drug-likeness (QED) is 0.893. The summed E-state index contributed by atoms with van der Waals surface area (Å²) in [6.07, 6.45) is 3.99. The van der Waals surface area contributed by atoms with Gasteiger partial charge in [0.15, 0.2) is 0 Å². The Morgan fingerprint density at radius 3 is 2.83 bits per heavy atom. The standard InChI is InChI=1S/C15H26N2O/c1-4-13-6-5-11(2)17(9-13)10-14-7-15(8-16)18-12(14)3/h7,11,13H,4-6,8-10,16H2,1-3H3. The molecule has 2 rings (SSSR count). The van der Waals surface area contributed by atoms with E-state index in [0.717, 1.165) is 24.0 Å². The molecule has 18 heavy (non-hydrogen) atoms. The molecule has 0 aliphatic carbocycles. The van der Waals surface area contributed by atoms with E-state index in [1.54, 1.807) is 0 Å². The van der Waals surface area contributed by atoms with Crippen molar-refractivity contribution in [3.05, 3.63) is 23.2 Å². The van der Waals surface area contributed by atoms with Crippen LogP contribution in [0.3, 0.4) is 0 Å². The van der Waals surface area contributed by atoms with E-state index in [1.807, 2.05) is 6.92 Å². The van der Waals surface area contributed by atoms with Crippen molar-refractivity contribution in [3.8, 4) is 0 Å². The van der Waals surface area contributed by atoms with Crippen molar-refractivity contribution in [2.24, 2.45) is 11.7 Å². The number of piperidine rings is 1. The second kappa shape index (κ2) is 5.89. The number of nitrogens with two attached hydrogens (primary N) is 1. The molecule has 1 aromatic rings. The van der Waals surface area contributed by atoms with E-state index in [0.29, 0.717) is 12.6 Å². The highest BCUT2D eigenvalue weighted by molar-refractivity contribution is 5.20. The summed E-state index contributed by atoms with van der Waals surface area (Å²) in [6, 6.07) is 2.81. The van der Waals surface area contributed by atoms with Crippen molar-refractivity contribution in [2.45, 2.75) is 59.2 Å². The Balaban J connectivity index is 2.04. The molecule has 2 heterocycles. The average Bonchev–Trinajstić information content (AvgIpc) is 2.73. The van der Waals surface area contributed by atoms with Gasteiger partial charge in [-0.2, -0.15) is 0 Å². The molecule has 1 aromatic heterocycles. The van der Waals surface area contributed by atoms with Gasteiger partial charge in [0.25, 0.3) is 0 Å². The second-order valence-electron chi connectivity index (χ2n) is 5.63. The summed E-state index contributed by atoms with van der Waals surface area (Å²) in [5.74, 6) is 2.79. The average molecular weight is 250 g/mol. The van der Waals surface area contributed by atoms with E-state index in [-0.39, 0.29) is 0 Å². The molecule has 2 N–H and O–H groups in total. The van der Waals surface area contributed by atoms with E-state index in [1.165, 1.54) is 31.4 Å². The zero-order valence-corrected chi connectivity index (χ0v) is 11.9. The van der Waals surface area contributed by atoms with Crippen molar-refractivity contribution in [1.29, 1.82) is 0 Å². The van der Waals surface area contributed by atoms with Crippen LogP contribution < -0.4 is 5.73 Å². The monoisotopic (exact) mass is 250 g/mol. The molecule has 1 aliphatic heterocycles. The van der Waals surface area contributed by atoms with Crippen LogP contribution in [-0.4, -0.2) is 17.5 Å². The van der Waals surface area contributed by atoms with Crippen molar-refractivity contribution in [1.82, 2.24) is 4.90 Å². The van der Waals surface area contributed by atoms with Gasteiger partial charge in [0, 0.05) is 24.7 Å². The molecule has 0 spiro atoms. The number of likely N-dealkylation sites (tertiary alicyclic amines) is 1. The lowest BCUT2D eigenvalue weighted by Gasteiger charge is -2.37. The van der Waals surface area contributed by atoms with E-state index in [2.05, 4.69) is 24.8 Å². The third-order valence-corrected chi connectivity index (χ3v) is 4.33. The van der Waals surface area contributed by atoms with E-state index in [9.17, 15) is 0 Å². The van der Waals surface area contributed by atoms with Gasteiger partial charge in [-0.15, -0.1) is 0 Å². The zero-order chi connectivity index (χ0) is 13.1. The number of aryl methyl sites for hydroxylation is 1. The Morgan fingerprint density at radius 1 is 1.44 bits per heavy atom. The molecule has 0 amide bonds. The van der Waals surface area contributed by atoms with Gasteiger partial charge in [0.05, 0.1) is 6.54 Å². The van der Waals surface area contributed by atoms with Crippen molar-refractivity contribution < 1.29 is 4.42 Å². The lowest BCUT2D eigenvalue weighted by molar-refractivity contribution is 0.108. The summed E-state index contributed by atoms with van der Waals surface area (Å²) in [6.45, 7) is 9.40. The van der Waals surface area contributed by atoms with Crippen LogP contribution in [0.25, 0.3) is 0 Å². The highest BCUT2D eigenvalue weighted by Crippen LogP contribution is 2.27. The van der Waals surface area contributed by atoms with Gasteiger partial charge in [0.2, 0.25) is 0 Å². The largest absolute Gasteiger partial charge is 0.465 e. The minimum absolute atomic E-state index is 0.494. The third kappa shape index (κ3) is 2.96. The van der Waals surface area contributed by atoms with E-state index >= 15 is 0 Å². The molecule has 3 nitrogen and oxygen atoms in total. The molecule has 0 aromatic carbocycles. The van der Waals surface area contributed by atoms with Crippen LogP contribution in [0.4, 0.5) is 0 Å². The molecule has 0 bridgehead atoms. The maximum absolute atomic E-state index is 5.64. The molecule has 0 saturated carbocycles. The van der Waals surface area contributed by atoms with Crippen molar-refractivity contribution in [2.75, 3.05) is 6.54 Å². The maximum Gasteiger partial charge on any atom is 0.118 e. The van der Waals surface area contributed by atoms with Gasteiger partial charge in [-0.1, -0.05) is 13.3 Å². The molecule has 1 aliphatic rings. The minimum atomic E-state index is 0.494. The van der Waals surface area contributed by atoms with Crippen LogP contribution in [0.2, 0.25) is 0 Å². The second-order valence-corrected chi connectivity index (χ2v) is 5.63. The first-order chi connectivity index (χ1) is 8.63. The molecule has 2 unspecified atom stereocenters. The summed E-state index contributed by atoms with van der Waals surface area (Å²) in [4.78, 5) is 2.59. The van der Waals surface area contributed by atoms with Gasteiger partial charge in [-0.25, -0.2) is 0 Å². The van der Waals surface area contributed by atoms with Gasteiger partial charge < -0.3 is 10.2 Å². The Kier molecular flexibility index (Phi) is 4.46. The number of hydrogen-bond acceptors (Lipinski definition) is 3. The van der Waals surface area contributed by atoms with Gasteiger partial charge >= 0.3 is 0 Å². The van der Waals surface area contributed by atoms with E-state index < -0.39 is 0 Å². The SMILES string of the molecule is CCC1CCC(C)N(Cc2cc(CN)oc2C)C1. The van der Waals surface area contributed by atoms with Crippen LogP contribution in [0.5, 0.6) is 0 Å². The normalized spacial score (nSPS) is 25.6. The Hall–Kier alpha value is -0.800. The Bertz CT molecular complexity index is 386. The topological polar surface area (TPSA) is 42.4 Å². The fraction of sp³-hybridized carbons (Fsp3) is 0.733. The number of rotatable bonds is 4. The van der Waals surface area contributed by atoms with Crippen LogP contribution >= 0.6 is 0 Å². The summed E-state index contributed by atoms with van der Waals surface area (Å²) >= 11 is 0. The van der Waals surface area contributed by atoms with E-state index in [4.69, 9.17) is 10.2 Å². The summed E-state index contributed by atoms with van der Waals surface area (Å²) in [7, 11) is 0. The lowest BCUT2D eigenvalue weighted by Crippen LogP contribution is -2.41. The first kappa shape index (κ1) is 13.6. The smallest absolute Gasteiger partial charge is 0.118 e. The molecular weight excluding hydrogens is 224 g/mol. The van der Waals surface area contributed by atoms with Gasteiger partial charge in [-0.05, 0) is 38.7 Å². The third-order valence-electron chi connectivity index (χ3n) is 4.33. The molecule has 1 fully saturated rings. The van der Waals surface area contributed by atoms with Crippen LogP contribution in [0.1, 0.15) is 50.2 Å². The Morgan fingerprint density at radius 2 is 2.22 bits per heavy atom. The van der Waals surface area contributed by atoms with Gasteiger partial charge in [0.1, 0.15) is 11.5 Å². The van der Waals surface area contributed by atoms with Crippen molar-refractivity contribution >= 4 is 0 Å². The predicted molar refractivity (Wildman–Crippen MR) is 74.2 cm³/mol. The van der Waals surface area contributed by atoms with Crippen LogP contribution in [0.15, 0.2) is 10.5 Å². The fourth-order valence-electron chi connectivity index (χ4n) is 2.88. The molecule has 2 atom stereocenters.